The van der Waals surface area contributed by atoms with Gasteiger partial charge in [0.15, 0.2) is 0 Å². The maximum atomic E-state index is 3.63. The van der Waals surface area contributed by atoms with Crippen LogP contribution in [-0.2, 0) is 12.8 Å². The van der Waals surface area contributed by atoms with E-state index in [1.54, 1.807) is 15.3 Å². The summed E-state index contributed by atoms with van der Waals surface area (Å²) in [7, 11) is 0. The smallest absolute Gasteiger partial charge is 0.0415 e. The molecule has 1 aliphatic heterocycles. The highest BCUT2D eigenvalue weighted by atomic mass is 32.1. The number of thiophene rings is 1. The number of aryl methyl sites for hydroxylation is 2. The lowest BCUT2D eigenvalue weighted by molar-refractivity contribution is 0.417. The Morgan fingerprint density at radius 3 is 3.00 bits per heavy atom. The van der Waals surface area contributed by atoms with Gasteiger partial charge in [-0.3, -0.25) is 0 Å². The molecule has 3 rings (SSSR count). The summed E-state index contributed by atoms with van der Waals surface area (Å²) in [5, 5.41) is 3.63. The van der Waals surface area contributed by atoms with Gasteiger partial charge in [-0.25, -0.2) is 0 Å². The molecule has 14 heavy (non-hydrogen) atoms. The maximum Gasteiger partial charge on any atom is 0.0415 e. The van der Waals surface area contributed by atoms with Crippen molar-refractivity contribution in [2.75, 3.05) is 6.54 Å². The first-order chi connectivity index (χ1) is 6.93. The molecule has 0 saturated carbocycles. The van der Waals surface area contributed by atoms with Gasteiger partial charge in [-0.2, -0.15) is 0 Å². The second-order valence-corrected chi connectivity index (χ2v) is 5.62. The fourth-order valence-corrected chi connectivity index (χ4v) is 3.99. The quantitative estimate of drug-likeness (QED) is 0.746. The lowest BCUT2D eigenvalue weighted by atomic mass is 10.0. The first-order valence-electron chi connectivity index (χ1n) is 5.78. The fourth-order valence-electron chi connectivity index (χ4n) is 2.62. The van der Waals surface area contributed by atoms with Gasteiger partial charge in [0.2, 0.25) is 0 Å². The van der Waals surface area contributed by atoms with Gasteiger partial charge in [0.25, 0.3) is 0 Å². The SMILES string of the molecule is c1c(C2CCCCN2)sc2c1CCC2. The summed E-state index contributed by atoms with van der Waals surface area (Å²) in [5.41, 5.74) is 1.65. The summed E-state index contributed by atoms with van der Waals surface area (Å²) in [4.78, 5) is 3.28. The first kappa shape index (κ1) is 8.93. The molecule has 1 N–H and O–H groups in total. The van der Waals surface area contributed by atoms with Gasteiger partial charge < -0.3 is 5.32 Å². The highest BCUT2D eigenvalue weighted by Gasteiger charge is 2.21. The predicted octanol–water partition coefficient (Wildman–Crippen LogP) is 3.05. The van der Waals surface area contributed by atoms with Gasteiger partial charge in [-0.1, -0.05) is 6.42 Å². The van der Waals surface area contributed by atoms with E-state index in [4.69, 9.17) is 0 Å². The third-order valence-corrected chi connectivity index (χ3v) is 4.77. The lowest BCUT2D eigenvalue weighted by Gasteiger charge is -2.22. The zero-order valence-electron chi connectivity index (χ0n) is 8.51. The average Bonchev–Trinajstić information content (AvgIpc) is 2.78. The summed E-state index contributed by atoms with van der Waals surface area (Å²) in [6.45, 7) is 1.22. The summed E-state index contributed by atoms with van der Waals surface area (Å²) >= 11 is 2.07. The fraction of sp³-hybridized carbons (Fsp3) is 0.667. The Bertz CT molecular complexity index is 302. The van der Waals surface area contributed by atoms with E-state index in [1.165, 1.54) is 45.1 Å². The molecule has 0 radical (unpaired) electrons. The van der Waals surface area contributed by atoms with Gasteiger partial charge in [0.05, 0.1) is 0 Å². The Balaban J connectivity index is 1.82. The van der Waals surface area contributed by atoms with E-state index in [2.05, 4.69) is 22.7 Å². The molecule has 1 unspecified atom stereocenters. The molecule has 1 aromatic rings. The minimum absolute atomic E-state index is 0.680. The Morgan fingerprint density at radius 2 is 2.21 bits per heavy atom. The van der Waals surface area contributed by atoms with Crippen molar-refractivity contribution >= 4 is 11.3 Å². The molecular formula is C12H17NS. The molecule has 1 nitrogen and oxygen atoms in total. The van der Waals surface area contributed by atoms with Crippen LogP contribution in [0.3, 0.4) is 0 Å². The van der Waals surface area contributed by atoms with E-state index < -0.39 is 0 Å². The summed E-state index contributed by atoms with van der Waals surface area (Å²) < 4.78 is 0. The van der Waals surface area contributed by atoms with E-state index in [1.807, 2.05) is 0 Å². The minimum Gasteiger partial charge on any atom is -0.309 e. The van der Waals surface area contributed by atoms with E-state index in [-0.39, 0.29) is 0 Å². The molecule has 2 aliphatic rings. The highest BCUT2D eigenvalue weighted by molar-refractivity contribution is 7.12. The molecule has 1 saturated heterocycles. The summed E-state index contributed by atoms with van der Waals surface area (Å²) in [5.74, 6) is 0. The van der Waals surface area contributed by atoms with Gasteiger partial charge in [-0.05, 0) is 50.3 Å². The standard InChI is InChI=1S/C12H17NS/c1-2-7-13-10(5-1)12-8-9-4-3-6-11(9)14-12/h8,10,13H,1-7H2. The number of rotatable bonds is 1. The van der Waals surface area contributed by atoms with Crippen molar-refractivity contribution < 1.29 is 0 Å². The van der Waals surface area contributed by atoms with Crippen LogP contribution in [0.15, 0.2) is 6.07 Å². The number of nitrogens with one attached hydrogen (secondary N) is 1. The molecule has 1 aromatic heterocycles. The maximum absolute atomic E-state index is 3.63. The van der Waals surface area contributed by atoms with Crippen LogP contribution in [-0.4, -0.2) is 6.54 Å². The first-order valence-corrected chi connectivity index (χ1v) is 6.60. The van der Waals surface area contributed by atoms with Gasteiger partial charge in [0, 0.05) is 15.8 Å². The van der Waals surface area contributed by atoms with Crippen LogP contribution < -0.4 is 5.32 Å². The molecule has 0 bridgehead atoms. The van der Waals surface area contributed by atoms with Gasteiger partial charge >= 0.3 is 0 Å². The number of hydrogen-bond acceptors (Lipinski definition) is 2. The molecule has 76 valence electrons. The molecule has 0 spiro atoms. The lowest BCUT2D eigenvalue weighted by Crippen LogP contribution is -2.25. The van der Waals surface area contributed by atoms with E-state index in [0.29, 0.717) is 6.04 Å². The second-order valence-electron chi connectivity index (χ2n) is 4.45. The van der Waals surface area contributed by atoms with Crippen LogP contribution in [0, 0.1) is 0 Å². The Kier molecular flexibility index (Phi) is 2.34. The second kappa shape index (κ2) is 3.67. The van der Waals surface area contributed by atoms with Crippen molar-refractivity contribution in [1.82, 2.24) is 5.32 Å². The van der Waals surface area contributed by atoms with Crippen LogP contribution in [0.4, 0.5) is 0 Å². The van der Waals surface area contributed by atoms with Crippen molar-refractivity contribution in [1.29, 1.82) is 0 Å². The van der Waals surface area contributed by atoms with Crippen molar-refractivity contribution in [2.24, 2.45) is 0 Å². The normalized spacial score (nSPS) is 26.4. The average molecular weight is 207 g/mol. The van der Waals surface area contributed by atoms with Crippen LogP contribution in [0.1, 0.15) is 47.0 Å². The van der Waals surface area contributed by atoms with Gasteiger partial charge in [0.1, 0.15) is 0 Å². The van der Waals surface area contributed by atoms with Crippen LogP contribution in [0.5, 0.6) is 0 Å². The minimum atomic E-state index is 0.680. The molecule has 1 aliphatic carbocycles. The van der Waals surface area contributed by atoms with Crippen molar-refractivity contribution in [3.05, 3.63) is 21.4 Å². The predicted molar refractivity (Wildman–Crippen MR) is 60.9 cm³/mol. The molecule has 0 aromatic carbocycles. The van der Waals surface area contributed by atoms with Crippen LogP contribution >= 0.6 is 11.3 Å². The van der Waals surface area contributed by atoms with E-state index >= 15 is 0 Å². The monoisotopic (exact) mass is 207 g/mol. The molecular weight excluding hydrogens is 190 g/mol. The van der Waals surface area contributed by atoms with E-state index in [0.717, 1.165) is 0 Å². The molecule has 0 amide bonds. The number of hydrogen-bond donors (Lipinski definition) is 1. The molecule has 2 heteroatoms. The Labute approximate surface area is 89.5 Å². The highest BCUT2D eigenvalue weighted by Crippen LogP contribution is 2.36. The molecule has 2 heterocycles. The topological polar surface area (TPSA) is 12.0 Å². The third kappa shape index (κ3) is 1.51. The Hall–Kier alpha value is -0.340. The molecule has 1 fully saturated rings. The van der Waals surface area contributed by atoms with Gasteiger partial charge in [-0.15, -0.1) is 11.3 Å². The zero-order valence-corrected chi connectivity index (χ0v) is 9.33. The molecule has 1 atom stereocenters. The summed E-state index contributed by atoms with van der Waals surface area (Å²) in [6, 6.07) is 3.15. The zero-order chi connectivity index (χ0) is 9.38. The summed E-state index contributed by atoms with van der Waals surface area (Å²) in [6.07, 6.45) is 8.17. The van der Waals surface area contributed by atoms with Crippen LogP contribution in [0.25, 0.3) is 0 Å². The third-order valence-electron chi connectivity index (χ3n) is 3.42. The number of piperidine rings is 1. The Morgan fingerprint density at radius 1 is 1.21 bits per heavy atom. The van der Waals surface area contributed by atoms with Crippen molar-refractivity contribution in [3.63, 3.8) is 0 Å². The van der Waals surface area contributed by atoms with Crippen molar-refractivity contribution in [2.45, 2.75) is 44.6 Å². The largest absolute Gasteiger partial charge is 0.309 e. The van der Waals surface area contributed by atoms with Crippen molar-refractivity contribution in [3.8, 4) is 0 Å². The number of fused-ring (bicyclic) bond motifs is 1. The van der Waals surface area contributed by atoms with Crippen LogP contribution in [0.2, 0.25) is 0 Å². The van der Waals surface area contributed by atoms with E-state index in [9.17, 15) is 0 Å².